The van der Waals surface area contributed by atoms with Gasteiger partial charge in [0.15, 0.2) is 0 Å². The van der Waals surface area contributed by atoms with Crippen molar-refractivity contribution in [1.82, 2.24) is 10.9 Å². The number of rotatable bonds is 3. The number of carbonyl (C=O) groups is 2. The van der Waals surface area contributed by atoms with E-state index >= 15 is 0 Å². The summed E-state index contributed by atoms with van der Waals surface area (Å²) in [4.78, 5) is 22.4. The van der Waals surface area contributed by atoms with Crippen LogP contribution >= 0.6 is 23.4 Å². The number of hydrogen-bond donors (Lipinski definition) is 3. The van der Waals surface area contributed by atoms with Gasteiger partial charge in [0.2, 0.25) is 0 Å². The molecule has 1 aromatic rings. The minimum atomic E-state index is -1.32. The van der Waals surface area contributed by atoms with Gasteiger partial charge < -0.3 is 5.11 Å². The van der Waals surface area contributed by atoms with Gasteiger partial charge in [0.05, 0.1) is 5.21 Å². The molecule has 16 heavy (non-hydrogen) atoms. The summed E-state index contributed by atoms with van der Waals surface area (Å²) in [5.41, 5.74) is 4.17. The molecule has 3 N–H and O–H groups in total. The molecular weight excluding hydrogens is 252 g/mol. The van der Waals surface area contributed by atoms with E-state index in [2.05, 4.69) is 0 Å². The van der Waals surface area contributed by atoms with Crippen molar-refractivity contribution < 1.29 is 14.7 Å². The summed E-state index contributed by atoms with van der Waals surface area (Å²) in [5, 5.41) is 8.72. The van der Waals surface area contributed by atoms with Crippen molar-refractivity contribution in [2.24, 2.45) is 0 Å². The highest BCUT2D eigenvalue weighted by atomic mass is 35.5. The molecule has 0 aliphatic heterocycles. The predicted molar refractivity (Wildman–Crippen MR) is 61.6 cm³/mol. The van der Waals surface area contributed by atoms with E-state index in [9.17, 15) is 9.59 Å². The van der Waals surface area contributed by atoms with Crippen molar-refractivity contribution in [3.63, 3.8) is 0 Å². The molecule has 0 atom stereocenters. The first-order valence-corrected chi connectivity index (χ1v) is 5.73. The summed E-state index contributed by atoms with van der Waals surface area (Å²) in [7, 11) is 0. The van der Waals surface area contributed by atoms with E-state index in [4.69, 9.17) is 16.7 Å². The van der Waals surface area contributed by atoms with Gasteiger partial charge in [0, 0.05) is 10.5 Å². The van der Waals surface area contributed by atoms with E-state index in [1.54, 1.807) is 29.7 Å². The summed E-state index contributed by atoms with van der Waals surface area (Å²) in [6.45, 7) is 0. The van der Waals surface area contributed by atoms with Gasteiger partial charge in [0.1, 0.15) is 0 Å². The fourth-order valence-corrected chi connectivity index (χ4v) is 1.78. The lowest BCUT2D eigenvalue weighted by Crippen LogP contribution is -2.40. The van der Waals surface area contributed by atoms with E-state index in [0.717, 1.165) is 4.90 Å². The molecule has 0 aliphatic carbocycles. The van der Waals surface area contributed by atoms with Gasteiger partial charge in [-0.2, -0.15) is 0 Å². The maximum Gasteiger partial charge on any atom is 0.423 e. The summed E-state index contributed by atoms with van der Waals surface area (Å²) in [6.07, 6.45) is -1.32. The van der Waals surface area contributed by atoms with Crippen LogP contribution in [0.4, 0.5) is 4.79 Å². The molecule has 1 rings (SSSR count). The Morgan fingerprint density at radius 3 is 2.38 bits per heavy atom. The number of hydrazine groups is 1. The third-order valence-corrected chi connectivity index (χ3v) is 2.66. The Labute approximate surface area is 101 Å². The number of benzene rings is 1. The molecule has 5 nitrogen and oxygen atoms in total. The predicted octanol–water partition coefficient (Wildman–Crippen LogP) is 1.89. The van der Waals surface area contributed by atoms with Crippen LogP contribution in [0, 0.1) is 0 Å². The van der Waals surface area contributed by atoms with E-state index in [0.29, 0.717) is 10.8 Å². The van der Waals surface area contributed by atoms with Crippen molar-refractivity contribution in [2.45, 2.75) is 4.90 Å². The van der Waals surface area contributed by atoms with E-state index < -0.39 is 12.0 Å². The van der Waals surface area contributed by atoms with Crippen LogP contribution in [0.1, 0.15) is 10.4 Å². The van der Waals surface area contributed by atoms with Crippen molar-refractivity contribution in [3.8, 4) is 0 Å². The van der Waals surface area contributed by atoms with Crippen LogP contribution in [-0.4, -0.2) is 22.3 Å². The Morgan fingerprint density at radius 2 is 1.88 bits per heavy atom. The molecule has 0 spiro atoms. The fourth-order valence-electron chi connectivity index (χ4n) is 0.948. The van der Waals surface area contributed by atoms with Gasteiger partial charge in [-0.3, -0.25) is 10.2 Å². The van der Waals surface area contributed by atoms with Crippen LogP contribution in [0.5, 0.6) is 0 Å². The number of thioether (sulfide) groups is 1. The zero-order valence-corrected chi connectivity index (χ0v) is 9.64. The summed E-state index contributed by atoms with van der Waals surface area (Å²) >= 11 is 6.97. The highest BCUT2D eigenvalue weighted by Crippen LogP contribution is 2.19. The lowest BCUT2D eigenvalue weighted by atomic mass is 10.2. The first kappa shape index (κ1) is 12.7. The van der Waals surface area contributed by atoms with Gasteiger partial charge in [0.25, 0.3) is 5.91 Å². The number of halogens is 1. The number of hydrogen-bond acceptors (Lipinski definition) is 3. The maximum atomic E-state index is 11.3. The van der Waals surface area contributed by atoms with Crippen molar-refractivity contribution in [1.29, 1.82) is 0 Å². The van der Waals surface area contributed by atoms with Crippen LogP contribution < -0.4 is 10.9 Å². The normalized spacial score (nSPS) is 9.56. The van der Waals surface area contributed by atoms with E-state index in [1.165, 1.54) is 11.8 Å². The lowest BCUT2D eigenvalue weighted by molar-refractivity contribution is 0.0926. The average Bonchev–Trinajstić information content (AvgIpc) is 2.27. The SMILES string of the molecule is O=C(O)NNC(=O)c1ccc(SCCl)cc1. The average molecular weight is 261 g/mol. The zero-order valence-electron chi connectivity index (χ0n) is 8.07. The molecule has 0 bridgehead atoms. The summed E-state index contributed by atoms with van der Waals surface area (Å²) in [5.74, 6) is -0.509. The van der Waals surface area contributed by atoms with E-state index in [1.807, 2.05) is 5.43 Å². The quantitative estimate of drug-likeness (QED) is 0.441. The van der Waals surface area contributed by atoms with Gasteiger partial charge in [-0.15, -0.1) is 23.4 Å². The summed E-state index contributed by atoms with van der Waals surface area (Å²) < 4.78 is 0. The van der Waals surface area contributed by atoms with Gasteiger partial charge in [-0.1, -0.05) is 0 Å². The number of amides is 2. The van der Waals surface area contributed by atoms with Crippen LogP contribution in [0.3, 0.4) is 0 Å². The minimum absolute atomic E-state index is 0.368. The molecular formula is C9H9ClN2O3S. The molecule has 2 amide bonds. The molecule has 0 unspecified atom stereocenters. The molecule has 0 heterocycles. The second-order valence-electron chi connectivity index (χ2n) is 2.66. The highest BCUT2D eigenvalue weighted by Gasteiger charge is 2.05. The minimum Gasteiger partial charge on any atom is -0.464 e. The van der Waals surface area contributed by atoms with Gasteiger partial charge in [-0.25, -0.2) is 10.2 Å². The Hall–Kier alpha value is -1.40. The van der Waals surface area contributed by atoms with Crippen LogP contribution in [0.15, 0.2) is 29.2 Å². The third kappa shape index (κ3) is 4.00. The third-order valence-electron chi connectivity index (χ3n) is 1.62. The molecule has 0 aliphatic rings. The monoisotopic (exact) mass is 260 g/mol. The van der Waals surface area contributed by atoms with Crippen molar-refractivity contribution >= 4 is 35.4 Å². The van der Waals surface area contributed by atoms with Crippen molar-refractivity contribution in [2.75, 3.05) is 5.21 Å². The zero-order chi connectivity index (χ0) is 12.0. The Morgan fingerprint density at radius 1 is 1.25 bits per heavy atom. The first-order valence-electron chi connectivity index (χ1n) is 4.21. The van der Waals surface area contributed by atoms with Crippen LogP contribution in [0.25, 0.3) is 0 Å². The number of nitrogens with one attached hydrogen (secondary N) is 2. The molecule has 1 aromatic carbocycles. The van der Waals surface area contributed by atoms with Gasteiger partial charge in [-0.05, 0) is 24.3 Å². The van der Waals surface area contributed by atoms with Crippen LogP contribution in [-0.2, 0) is 0 Å². The Kier molecular flexibility index (Phi) is 4.94. The molecule has 86 valence electrons. The Bertz CT molecular complexity index is 383. The van der Waals surface area contributed by atoms with Gasteiger partial charge >= 0.3 is 6.09 Å². The number of carbonyl (C=O) groups excluding carboxylic acids is 1. The Balaban J connectivity index is 2.59. The molecule has 0 fully saturated rings. The standard InChI is InChI=1S/C9H9ClN2O3S/c10-5-16-7-3-1-6(2-4-7)8(13)11-12-9(14)15/h1-4,12H,5H2,(H,11,13)(H,14,15). The number of carboxylic acid groups (broad SMARTS) is 1. The molecule has 0 saturated heterocycles. The second kappa shape index (κ2) is 6.24. The molecule has 0 saturated carbocycles. The maximum absolute atomic E-state index is 11.3. The number of alkyl halides is 1. The topological polar surface area (TPSA) is 78.4 Å². The smallest absolute Gasteiger partial charge is 0.423 e. The van der Waals surface area contributed by atoms with Crippen molar-refractivity contribution in [3.05, 3.63) is 29.8 Å². The highest BCUT2D eigenvalue weighted by molar-refractivity contribution is 8.00. The second-order valence-corrected chi connectivity index (χ2v) is 4.30. The van der Waals surface area contributed by atoms with Crippen LogP contribution in [0.2, 0.25) is 0 Å². The fraction of sp³-hybridized carbons (Fsp3) is 0.111. The molecule has 0 aromatic heterocycles. The largest absolute Gasteiger partial charge is 0.464 e. The summed E-state index contributed by atoms with van der Waals surface area (Å²) in [6, 6.07) is 6.66. The van der Waals surface area contributed by atoms with E-state index in [-0.39, 0.29) is 0 Å². The first-order chi connectivity index (χ1) is 7.63. The lowest BCUT2D eigenvalue weighted by Gasteiger charge is -2.04. The molecule has 7 heteroatoms. The molecule has 0 radical (unpaired) electrons.